The molecule has 1 aromatic heterocycles. The Kier molecular flexibility index (Phi) is 4.11. The van der Waals surface area contributed by atoms with Crippen molar-refractivity contribution in [3.8, 4) is 11.4 Å². The summed E-state index contributed by atoms with van der Waals surface area (Å²) in [6.07, 6.45) is 0. The molecule has 0 aliphatic rings. The summed E-state index contributed by atoms with van der Waals surface area (Å²) in [5, 5.41) is 11.9. The Hall–Kier alpha value is -1.24. The number of rotatable bonds is 3. The van der Waals surface area contributed by atoms with Crippen LogP contribution >= 0.6 is 35.0 Å². The van der Waals surface area contributed by atoms with Crippen LogP contribution in [0.5, 0.6) is 0 Å². The number of nitrogens with one attached hydrogen (secondary N) is 1. The van der Waals surface area contributed by atoms with Gasteiger partial charge in [-0.2, -0.15) is 4.98 Å². The predicted octanol–water partition coefficient (Wildman–Crippen LogP) is 3.17. The summed E-state index contributed by atoms with van der Waals surface area (Å²) in [7, 11) is 0. The van der Waals surface area contributed by atoms with Gasteiger partial charge in [-0.3, -0.25) is 5.41 Å². The first-order chi connectivity index (χ1) is 8.56. The quantitative estimate of drug-likeness (QED) is 0.671. The number of thioether (sulfide) groups is 1. The summed E-state index contributed by atoms with van der Waals surface area (Å²) in [6.45, 7) is 0. The third kappa shape index (κ3) is 3.16. The second-order valence-electron chi connectivity index (χ2n) is 3.29. The third-order valence-corrected chi connectivity index (χ3v) is 3.26. The molecule has 0 fully saturated rings. The number of aromatic nitrogens is 2. The van der Waals surface area contributed by atoms with Gasteiger partial charge in [0.05, 0.1) is 10.8 Å². The Morgan fingerprint density at radius 2 is 2.22 bits per heavy atom. The summed E-state index contributed by atoms with van der Waals surface area (Å²) in [5.41, 5.74) is 5.82. The Labute approximate surface area is 117 Å². The number of hydrogen-bond acceptors (Lipinski definition) is 5. The van der Waals surface area contributed by atoms with E-state index in [9.17, 15) is 0 Å². The molecule has 0 saturated heterocycles. The number of nitrogens with two attached hydrogens (primary N) is 1. The minimum Gasteiger partial charge on any atom is -0.379 e. The van der Waals surface area contributed by atoms with Gasteiger partial charge in [-0.05, 0) is 18.2 Å². The number of benzene rings is 1. The van der Waals surface area contributed by atoms with Gasteiger partial charge in [0, 0.05) is 10.6 Å². The number of amidine groups is 1. The fourth-order valence-corrected chi connectivity index (χ4v) is 2.00. The highest BCUT2D eigenvalue weighted by Crippen LogP contribution is 2.28. The highest BCUT2D eigenvalue weighted by atomic mass is 35.5. The molecule has 1 aromatic carbocycles. The Balaban J connectivity index is 2.23. The van der Waals surface area contributed by atoms with Gasteiger partial charge in [-0.15, -0.1) is 0 Å². The van der Waals surface area contributed by atoms with E-state index in [0.29, 0.717) is 33.1 Å². The second-order valence-corrected chi connectivity index (χ2v) is 5.15. The van der Waals surface area contributed by atoms with Crippen LogP contribution in [-0.4, -0.2) is 15.3 Å². The minimum absolute atomic E-state index is 0.00413. The van der Waals surface area contributed by atoms with Gasteiger partial charge in [0.2, 0.25) is 11.7 Å². The molecule has 0 bridgehead atoms. The van der Waals surface area contributed by atoms with Crippen LogP contribution in [0.4, 0.5) is 0 Å². The van der Waals surface area contributed by atoms with Gasteiger partial charge in [0.25, 0.3) is 0 Å². The summed E-state index contributed by atoms with van der Waals surface area (Å²) in [4.78, 5) is 4.16. The average molecular weight is 303 g/mol. The van der Waals surface area contributed by atoms with E-state index in [0.717, 1.165) is 11.8 Å². The van der Waals surface area contributed by atoms with Crippen molar-refractivity contribution in [1.82, 2.24) is 10.1 Å². The average Bonchev–Trinajstić information content (AvgIpc) is 2.78. The highest BCUT2D eigenvalue weighted by molar-refractivity contribution is 8.12. The fraction of sp³-hybridized carbons (Fsp3) is 0.100. The predicted molar refractivity (Wildman–Crippen MR) is 73.0 cm³/mol. The van der Waals surface area contributed by atoms with E-state index in [1.807, 2.05) is 0 Å². The topological polar surface area (TPSA) is 88.8 Å². The van der Waals surface area contributed by atoms with Crippen LogP contribution in [0.1, 0.15) is 5.89 Å². The molecule has 0 radical (unpaired) electrons. The molecule has 0 unspecified atom stereocenters. The molecule has 2 rings (SSSR count). The lowest BCUT2D eigenvalue weighted by Crippen LogP contribution is -2.03. The SMILES string of the molecule is N=C(N)SCc1nc(-c2cc(Cl)ccc2Cl)no1. The first-order valence-electron chi connectivity index (χ1n) is 4.81. The van der Waals surface area contributed by atoms with E-state index < -0.39 is 0 Å². The van der Waals surface area contributed by atoms with Crippen LogP contribution in [0.25, 0.3) is 11.4 Å². The first-order valence-corrected chi connectivity index (χ1v) is 6.55. The van der Waals surface area contributed by atoms with Crippen molar-refractivity contribution in [3.63, 3.8) is 0 Å². The van der Waals surface area contributed by atoms with Gasteiger partial charge in [0.1, 0.15) is 0 Å². The first kappa shape index (κ1) is 13.2. The largest absolute Gasteiger partial charge is 0.379 e. The van der Waals surface area contributed by atoms with E-state index >= 15 is 0 Å². The zero-order valence-electron chi connectivity index (χ0n) is 8.98. The molecule has 18 heavy (non-hydrogen) atoms. The van der Waals surface area contributed by atoms with Gasteiger partial charge < -0.3 is 10.3 Å². The summed E-state index contributed by atoms with van der Waals surface area (Å²) < 4.78 is 5.03. The summed E-state index contributed by atoms with van der Waals surface area (Å²) in [6, 6.07) is 5.01. The normalized spacial score (nSPS) is 10.6. The third-order valence-electron chi connectivity index (χ3n) is 1.99. The van der Waals surface area contributed by atoms with E-state index in [-0.39, 0.29) is 5.17 Å². The maximum absolute atomic E-state index is 7.09. The van der Waals surface area contributed by atoms with Crippen molar-refractivity contribution >= 4 is 40.1 Å². The van der Waals surface area contributed by atoms with Crippen LogP contribution in [0.3, 0.4) is 0 Å². The molecule has 0 aliphatic carbocycles. The molecule has 3 N–H and O–H groups in total. The number of nitrogens with zero attached hydrogens (tertiary/aromatic N) is 2. The van der Waals surface area contributed by atoms with Crippen LogP contribution in [0.2, 0.25) is 10.0 Å². The molecule has 0 amide bonds. The number of halogens is 2. The van der Waals surface area contributed by atoms with Crippen molar-refractivity contribution < 1.29 is 4.52 Å². The van der Waals surface area contributed by atoms with Crippen molar-refractivity contribution in [1.29, 1.82) is 5.41 Å². The van der Waals surface area contributed by atoms with Gasteiger partial charge >= 0.3 is 0 Å². The van der Waals surface area contributed by atoms with Crippen LogP contribution in [0, 0.1) is 5.41 Å². The van der Waals surface area contributed by atoms with E-state index in [1.165, 1.54) is 0 Å². The Bertz CT molecular complexity index is 587. The Morgan fingerprint density at radius 3 is 2.94 bits per heavy atom. The summed E-state index contributed by atoms with van der Waals surface area (Å²) in [5.74, 6) is 1.09. The van der Waals surface area contributed by atoms with E-state index in [1.54, 1.807) is 18.2 Å². The minimum atomic E-state index is -0.00413. The van der Waals surface area contributed by atoms with Crippen molar-refractivity contribution in [3.05, 3.63) is 34.1 Å². The zero-order valence-corrected chi connectivity index (χ0v) is 11.3. The lowest BCUT2D eigenvalue weighted by atomic mass is 10.2. The van der Waals surface area contributed by atoms with Crippen molar-refractivity contribution in [2.24, 2.45) is 5.73 Å². The molecule has 0 atom stereocenters. The maximum atomic E-state index is 7.09. The highest BCUT2D eigenvalue weighted by Gasteiger charge is 2.12. The lowest BCUT2D eigenvalue weighted by Gasteiger charge is -1.98. The molecular formula is C10H8Cl2N4OS. The fourth-order valence-electron chi connectivity index (χ4n) is 1.23. The maximum Gasteiger partial charge on any atom is 0.237 e. The Morgan fingerprint density at radius 1 is 1.44 bits per heavy atom. The van der Waals surface area contributed by atoms with E-state index in [4.69, 9.17) is 38.9 Å². The van der Waals surface area contributed by atoms with Crippen molar-refractivity contribution in [2.75, 3.05) is 0 Å². The molecule has 1 heterocycles. The monoisotopic (exact) mass is 302 g/mol. The standard InChI is InChI=1S/C10H8Cl2N4OS/c11-5-1-2-7(12)6(3-5)9-15-8(17-16-9)4-18-10(13)14/h1-3H,4H2,(H3,13,14). The second kappa shape index (κ2) is 5.60. The van der Waals surface area contributed by atoms with Gasteiger partial charge in [-0.25, -0.2) is 0 Å². The smallest absolute Gasteiger partial charge is 0.237 e. The molecular weight excluding hydrogens is 295 g/mol. The summed E-state index contributed by atoms with van der Waals surface area (Å²) >= 11 is 13.0. The van der Waals surface area contributed by atoms with Crippen molar-refractivity contribution in [2.45, 2.75) is 5.75 Å². The van der Waals surface area contributed by atoms with Crippen LogP contribution in [0.15, 0.2) is 22.7 Å². The molecule has 94 valence electrons. The molecule has 0 spiro atoms. The van der Waals surface area contributed by atoms with Gasteiger partial charge in [0.15, 0.2) is 5.17 Å². The van der Waals surface area contributed by atoms with Crippen LogP contribution < -0.4 is 5.73 Å². The van der Waals surface area contributed by atoms with E-state index in [2.05, 4.69) is 10.1 Å². The molecule has 2 aromatic rings. The lowest BCUT2D eigenvalue weighted by molar-refractivity contribution is 0.392. The molecule has 8 heteroatoms. The van der Waals surface area contributed by atoms with Crippen LogP contribution in [-0.2, 0) is 5.75 Å². The zero-order chi connectivity index (χ0) is 13.1. The van der Waals surface area contributed by atoms with Gasteiger partial charge in [-0.1, -0.05) is 40.1 Å². The number of hydrogen-bond donors (Lipinski definition) is 2. The molecule has 5 nitrogen and oxygen atoms in total. The molecule has 0 aliphatic heterocycles. The molecule has 0 saturated carbocycles.